The number of aromatic nitrogens is 4. The van der Waals surface area contributed by atoms with Crippen LogP contribution in [0.25, 0.3) is 121 Å². The molecule has 4 heteroatoms. The Morgan fingerprint density at radius 1 is 0.300 bits per heavy atom. The molecule has 13 aromatic rings. The molecule has 13 rings (SSSR count). The molecule has 0 amide bonds. The zero-order chi connectivity index (χ0) is 39.3. The van der Waals surface area contributed by atoms with Crippen LogP contribution in [0.5, 0.6) is 0 Å². The summed E-state index contributed by atoms with van der Waals surface area (Å²) in [7, 11) is 0. The van der Waals surface area contributed by atoms with Crippen LogP contribution in [0, 0.1) is 0 Å². The van der Waals surface area contributed by atoms with E-state index in [1.54, 1.807) is 0 Å². The lowest BCUT2D eigenvalue weighted by Crippen LogP contribution is -1.99. The summed E-state index contributed by atoms with van der Waals surface area (Å²) in [6.45, 7) is 0. The molecule has 0 aliphatic heterocycles. The van der Waals surface area contributed by atoms with Crippen LogP contribution in [0.2, 0.25) is 0 Å². The quantitative estimate of drug-likeness (QED) is 0.179. The van der Waals surface area contributed by atoms with E-state index in [0.717, 1.165) is 66.7 Å². The molecular formula is C56H34N4. The lowest BCUT2D eigenvalue weighted by Gasteiger charge is -2.17. The number of fused-ring (bicyclic) bond motifs is 11. The van der Waals surface area contributed by atoms with Gasteiger partial charge in [-0.25, -0.2) is 9.97 Å². The second kappa shape index (κ2) is 12.7. The average molecular weight is 763 g/mol. The van der Waals surface area contributed by atoms with Crippen LogP contribution in [0.4, 0.5) is 0 Å². The first-order valence-electron chi connectivity index (χ1n) is 20.5. The van der Waals surface area contributed by atoms with Gasteiger partial charge in [-0.2, -0.15) is 0 Å². The Morgan fingerprint density at radius 3 is 1.72 bits per heavy atom. The minimum atomic E-state index is 0.872. The van der Waals surface area contributed by atoms with E-state index in [0.29, 0.717) is 0 Å². The van der Waals surface area contributed by atoms with Gasteiger partial charge in [-0.3, -0.25) is 0 Å². The van der Waals surface area contributed by atoms with E-state index in [-0.39, 0.29) is 0 Å². The molecule has 0 bridgehead atoms. The van der Waals surface area contributed by atoms with Crippen molar-refractivity contribution in [2.75, 3.05) is 0 Å². The molecule has 0 aliphatic rings. The topological polar surface area (TPSA) is 35.6 Å². The van der Waals surface area contributed by atoms with Gasteiger partial charge in [-0.1, -0.05) is 146 Å². The van der Waals surface area contributed by atoms with Crippen molar-refractivity contribution < 1.29 is 0 Å². The predicted octanol–water partition coefficient (Wildman–Crippen LogP) is 14.6. The summed E-state index contributed by atoms with van der Waals surface area (Å²) in [4.78, 5) is 10.6. The Hall–Kier alpha value is -8.08. The Balaban J connectivity index is 1.13. The highest BCUT2D eigenvalue weighted by atomic mass is 15.0. The Bertz CT molecular complexity index is 3890. The fourth-order valence-electron chi connectivity index (χ4n) is 9.85. The summed E-state index contributed by atoms with van der Waals surface area (Å²) in [6.07, 6.45) is 0. The Labute approximate surface area is 344 Å². The number of hydrogen-bond acceptors (Lipinski definition) is 2. The molecule has 3 heterocycles. The van der Waals surface area contributed by atoms with Gasteiger partial charge in [0.1, 0.15) is 0 Å². The highest BCUT2D eigenvalue weighted by Crippen LogP contribution is 2.44. The highest BCUT2D eigenvalue weighted by Gasteiger charge is 2.23. The van der Waals surface area contributed by atoms with E-state index in [1.807, 2.05) is 24.3 Å². The van der Waals surface area contributed by atoms with Crippen molar-refractivity contribution in [2.24, 2.45) is 0 Å². The zero-order valence-electron chi connectivity index (χ0n) is 32.4. The summed E-state index contributed by atoms with van der Waals surface area (Å²) in [5.41, 5.74) is 12.6. The van der Waals surface area contributed by atoms with Crippen LogP contribution >= 0.6 is 0 Å². The van der Waals surface area contributed by atoms with Gasteiger partial charge in [0.25, 0.3) is 0 Å². The maximum Gasteiger partial charge on any atom is 0.0979 e. The first-order valence-corrected chi connectivity index (χ1v) is 20.5. The standard InChI is InChI=1S/C56H34N4/c1-2-16-36(17-3-1)55-56(58-46-25-12-11-24-45(46)57-55)42-30-32-48(41-22-9-8-21-40(41)42)60-50-28-14-27-49(54(50)44-33-37-18-4-5-19-38(37)34-52(44)60)59-47-26-13-10-23-43(47)53-39-20-7-6-15-35(39)29-31-51(53)59/h1-34H. The van der Waals surface area contributed by atoms with Crippen molar-refractivity contribution in [2.45, 2.75) is 0 Å². The summed E-state index contributed by atoms with van der Waals surface area (Å²) in [5.74, 6) is 0. The van der Waals surface area contributed by atoms with Crippen molar-refractivity contribution in [3.05, 3.63) is 206 Å². The molecule has 4 nitrogen and oxygen atoms in total. The normalized spacial score (nSPS) is 12.0. The predicted molar refractivity (Wildman–Crippen MR) is 252 cm³/mol. The number of benzene rings is 10. The fraction of sp³-hybridized carbons (Fsp3) is 0. The van der Waals surface area contributed by atoms with Crippen molar-refractivity contribution in [1.29, 1.82) is 0 Å². The third kappa shape index (κ3) is 4.73. The van der Waals surface area contributed by atoms with Crippen molar-refractivity contribution in [1.82, 2.24) is 19.1 Å². The second-order valence-electron chi connectivity index (χ2n) is 15.7. The number of rotatable bonds is 4. The third-order valence-corrected chi connectivity index (χ3v) is 12.5. The van der Waals surface area contributed by atoms with Gasteiger partial charge in [0.05, 0.1) is 55.9 Å². The maximum atomic E-state index is 5.33. The van der Waals surface area contributed by atoms with Crippen LogP contribution in [0.3, 0.4) is 0 Å². The molecule has 0 N–H and O–H groups in total. The van der Waals surface area contributed by atoms with Gasteiger partial charge in [-0.05, 0) is 87.6 Å². The van der Waals surface area contributed by atoms with Gasteiger partial charge in [0.15, 0.2) is 0 Å². The van der Waals surface area contributed by atoms with E-state index >= 15 is 0 Å². The van der Waals surface area contributed by atoms with Crippen molar-refractivity contribution in [3.63, 3.8) is 0 Å². The third-order valence-electron chi connectivity index (χ3n) is 12.5. The highest BCUT2D eigenvalue weighted by molar-refractivity contribution is 6.24. The van der Waals surface area contributed by atoms with Gasteiger partial charge in [-0.15, -0.1) is 0 Å². The van der Waals surface area contributed by atoms with Crippen molar-refractivity contribution in [3.8, 4) is 33.9 Å². The van der Waals surface area contributed by atoms with E-state index in [9.17, 15) is 0 Å². The average Bonchev–Trinajstić information content (AvgIpc) is 3.83. The molecule has 0 saturated heterocycles. The molecule has 3 aromatic heterocycles. The van der Waals surface area contributed by atoms with Crippen LogP contribution in [0.1, 0.15) is 0 Å². The smallest absolute Gasteiger partial charge is 0.0979 e. The monoisotopic (exact) mass is 762 g/mol. The summed E-state index contributed by atoms with van der Waals surface area (Å²) in [6, 6.07) is 74.4. The first-order chi connectivity index (χ1) is 29.8. The molecule has 10 aromatic carbocycles. The largest absolute Gasteiger partial charge is 0.309 e. The van der Waals surface area contributed by atoms with Crippen molar-refractivity contribution >= 4 is 87.0 Å². The molecular weight excluding hydrogens is 729 g/mol. The minimum absolute atomic E-state index is 0.872. The van der Waals surface area contributed by atoms with E-state index in [4.69, 9.17) is 9.97 Å². The zero-order valence-corrected chi connectivity index (χ0v) is 32.4. The van der Waals surface area contributed by atoms with E-state index in [1.165, 1.54) is 54.1 Å². The Kier molecular flexibility index (Phi) is 6.98. The summed E-state index contributed by atoms with van der Waals surface area (Å²) < 4.78 is 4.98. The second-order valence-corrected chi connectivity index (χ2v) is 15.7. The van der Waals surface area contributed by atoms with E-state index in [2.05, 4.69) is 191 Å². The molecule has 0 saturated carbocycles. The molecule has 60 heavy (non-hydrogen) atoms. The molecule has 0 aliphatic carbocycles. The minimum Gasteiger partial charge on any atom is -0.309 e. The first kappa shape index (κ1) is 32.9. The molecule has 0 atom stereocenters. The summed E-state index contributed by atoms with van der Waals surface area (Å²) >= 11 is 0. The Morgan fingerprint density at radius 2 is 0.900 bits per heavy atom. The van der Waals surface area contributed by atoms with Crippen LogP contribution < -0.4 is 0 Å². The number of nitrogens with zero attached hydrogens (tertiary/aromatic N) is 4. The molecule has 0 unspecified atom stereocenters. The maximum absolute atomic E-state index is 5.33. The van der Waals surface area contributed by atoms with Gasteiger partial charge in [0, 0.05) is 38.1 Å². The lowest BCUT2D eigenvalue weighted by molar-refractivity contribution is 1.18. The fourth-order valence-corrected chi connectivity index (χ4v) is 9.85. The van der Waals surface area contributed by atoms with Crippen LogP contribution in [-0.4, -0.2) is 19.1 Å². The molecule has 0 radical (unpaired) electrons. The van der Waals surface area contributed by atoms with Gasteiger partial charge < -0.3 is 9.13 Å². The number of para-hydroxylation sites is 3. The molecule has 0 spiro atoms. The van der Waals surface area contributed by atoms with Gasteiger partial charge in [0.2, 0.25) is 0 Å². The van der Waals surface area contributed by atoms with E-state index < -0.39 is 0 Å². The summed E-state index contributed by atoms with van der Waals surface area (Å²) in [5, 5.41) is 12.2. The van der Waals surface area contributed by atoms with Crippen LogP contribution in [-0.2, 0) is 0 Å². The number of hydrogen-bond donors (Lipinski definition) is 0. The molecule has 0 fully saturated rings. The molecule has 278 valence electrons. The lowest BCUT2D eigenvalue weighted by atomic mass is 9.96. The van der Waals surface area contributed by atoms with Crippen LogP contribution in [0.15, 0.2) is 206 Å². The SMILES string of the molecule is c1ccc(-c2nc3ccccc3nc2-c2ccc(-n3c4cc5ccccc5cc4c4c(-n5c6ccccc6c6c7ccccc7ccc65)cccc43)c3ccccc23)cc1. The van der Waals surface area contributed by atoms with Gasteiger partial charge >= 0.3 is 0 Å².